The Morgan fingerprint density at radius 2 is 1.74 bits per heavy atom. The fourth-order valence-corrected chi connectivity index (χ4v) is 3.55. The van der Waals surface area contributed by atoms with Crippen molar-refractivity contribution in [2.75, 3.05) is 6.61 Å². The molecule has 0 amide bonds. The summed E-state index contributed by atoms with van der Waals surface area (Å²) in [7, 11) is 0. The molecular formula is C20H26O3. The van der Waals surface area contributed by atoms with Gasteiger partial charge in [-0.05, 0) is 49.7 Å². The predicted octanol–water partition coefficient (Wildman–Crippen LogP) is 4.95. The monoisotopic (exact) mass is 314 g/mol. The lowest BCUT2D eigenvalue weighted by molar-refractivity contribution is 0.0374. The molecule has 0 N–H and O–H groups in total. The predicted molar refractivity (Wildman–Crippen MR) is 89.0 cm³/mol. The highest BCUT2D eigenvalue weighted by molar-refractivity contribution is 5.86. The minimum Gasteiger partial charge on any atom is -0.460 e. The maximum Gasteiger partial charge on any atom is 0.374 e. The van der Waals surface area contributed by atoms with E-state index >= 15 is 0 Å². The van der Waals surface area contributed by atoms with Crippen LogP contribution in [0.1, 0.15) is 80.5 Å². The first-order valence-corrected chi connectivity index (χ1v) is 9.10. The molecule has 1 heterocycles. The molecule has 3 heteroatoms. The van der Waals surface area contributed by atoms with Crippen LogP contribution in [0.25, 0.3) is 0 Å². The second kappa shape index (κ2) is 8.24. The summed E-state index contributed by atoms with van der Waals surface area (Å²) in [6.45, 7) is 0.516. The summed E-state index contributed by atoms with van der Waals surface area (Å²) in [6.07, 6.45) is 12.4. The van der Waals surface area contributed by atoms with Crippen LogP contribution in [-0.4, -0.2) is 12.6 Å². The fourth-order valence-electron chi connectivity index (χ4n) is 3.55. The highest BCUT2D eigenvalue weighted by Gasteiger charge is 2.18. The molecule has 3 rings (SSSR count). The smallest absolute Gasteiger partial charge is 0.374 e. The van der Waals surface area contributed by atoms with Gasteiger partial charge in [0, 0.05) is 5.92 Å². The SMILES string of the molecule is O=C(OCC1CCCCC1)c1ccc(C#CC2CCCCC2)o1. The Kier molecular flexibility index (Phi) is 5.80. The van der Waals surface area contributed by atoms with Gasteiger partial charge >= 0.3 is 5.97 Å². The van der Waals surface area contributed by atoms with Gasteiger partial charge in [0.15, 0.2) is 5.76 Å². The molecule has 0 atom stereocenters. The zero-order valence-electron chi connectivity index (χ0n) is 13.8. The van der Waals surface area contributed by atoms with Crippen LogP contribution in [-0.2, 0) is 4.74 Å². The van der Waals surface area contributed by atoms with E-state index in [1.165, 1.54) is 64.2 Å². The van der Waals surface area contributed by atoms with Crippen LogP contribution in [0.3, 0.4) is 0 Å². The van der Waals surface area contributed by atoms with Crippen molar-refractivity contribution >= 4 is 5.97 Å². The number of hydrogen-bond donors (Lipinski definition) is 0. The Balaban J connectivity index is 1.49. The number of hydrogen-bond acceptors (Lipinski definition) is 3. The summed E-state index contributed by atoms with van der Waals surface area (Å²) in [4.78, 5) is 12.0. The van der Waals surface area contributed by atoms with Crippen molar-refractivity contribution in [2.45, 2.75) is 64.2 Å². The van der Waals surface area contributed by atoms with Crippen LogP contribution in [0.2, 0.25) is 0 Å². The van der Waals surface area contributed by atoms with Crippen LogP contribution in [0.5, 0.6) is 0 Å². The van der Waals surface area contributed by atoms with E-state index in [1.54, 1.807) is 12.1 Å². The van der Waals surface area contributed by atoms with Gasteiger partial charge in [-0.25, -0.2) is 4.79 Å². The normalized spacial score (nSPS) is 19.8. The Hall–Kier alpha value is -1.69. The summed E-state index contributed by atoms with van der Waals surface area (Å²) < 4.78 is 10.9. The van der Waals surface area contributed by atoms with Crippen LogP contribution in [0.4, 0.5) is 0 Å². The van der Waals surface area contributed by atoms with E-state index in [2.05, 4.69) is 11.8 Å². The third kappa shape index (κ3) is 4.89. The van der Waals surface area contributed by atoms with Crippen molar-refractivity contribution in [3.63, 3.8) is 0 Å². The third-order valence-electron chi connectivity index (χ3n) is 4.99. The molecule has 2 fully saturated rings. The number of carbonyl (C=O) groups is 1. The second-order valence-corrected chi connectivity index (χ2v) is 6.87. The highest BCUT2D eigenvalue weighted by atomic mass is 16.5. The van der Waals surface area contributed by atoms with Gasteiger partial charge in [0.1, 0.15) is 0 Å². The Morgan fingerprint density at radius 1 is 1.04 bits per heavy atom. The maximum absolute atomic E-state index is 12.0. The average Bonchev–Trinajstić information content (AvgIpc) is 3.09. The van der Waals surface area contributed by atoms with Gasteiger partial charge in [0.25, 0.3) is 0 Å². The molecule has 3 nitrogen and oxygen atoms in total. The van der Waals surface area contributed by atoms with Crippen LogP contribution >= 0.6 is 0 Å². The Labute approximate surface area is 138 Å². The van der Waals surface area contributed by atoms with Gasteiger partial charge in [0.2, 0.25) is 5.76 Å². The molecule has 2 saturated carbocycles. The molecule has 124 valence electrons. The number of rotatable bonds is 3. The number of esters is 1. The molecule has 0 saturated heterocycles. The molecular weight excluding hydrogens is 288 g/mol. The van der Waals surface area contributed by atoms with Crippen molar-refractivity contribution in [3.05, 3.63) is 23.7 Å². The molecule has 1 aromatic heterocycles. The minimum atomic E-state index is -0.360. The van der Waals surface area contributed by atoms with Crippen molar-refractivity contribution in [1.82, 2.24) is 0 Å². The van der Waals surface area contributed by atoms with Crippen molar-refractivity contribution in [1.29, 1.82) is 0 Å². The van der Waals surface area contributed by atoms with Crippen LogP contribution in [0, 0.1) is 23.7 Å². The lowest BCUT2D eigenvalue weighted by atomic mass is 9.90. The molecule has 0 bridgehead atoms. The van der Waals surface area contributed by atoms with Crippen LogP contribution < -0.4 is 0 Å². The second-order valence-electron chi connectivity index (χ2n) is 6.87. The van der Waals surface area contributed by atoms with Gasteiger partial charge in [-0.2, -0.15) is 0 Å². The highest BCUT2D eigenvalue weighted by Crippen LogP contribution is 2.24. The molecule has 0 spiro atoms. The summed E-state index contributed by atoms with van der Waals surface area (Å²) in [6, 6.07) is 3.45. The summed E-state index contributed by atoms with van der Waals surface area (Å²) in [5.74, 6) is 7.83. The van der Waals surface area contributed by atoms with E-state index in [-0.39, 0.29) is 11.7 Å². The van der Waals surface area contributed by atoms with Gasteiger partial charge in [-0.3, -0.25) is 0 Å². The molecule has 0 radical (unpaired) electrons. The minimum absolute atomic E-state index is 0.272. The molecule has 2 aliphatic rings. The van der Waals surface area contributed by atoms with Crippen molar-refractivity contribution in [2.24, 2.45) is 11.8 Å². The molecule has 0 aromatic carbocycles. The van der Waals surface area contributed by atoms with Crippen molar-refractivity contribution < 1.29 is 13.9 Å². The topological polar surface area (TPSA) is 39.4 Å². The van der Waals surface area contributed by atoms with Gasteiger partial charge < -0.3 is 9.15 Å². The zero-order chi connectivity index (χ0) is 15.9. The van der Waals surface area contributed by atoms with Crippen LogP contribution in [0.15, 0.2) is 16.5 Å². The first kappa shape index (κ1) is 16.2. The van der Waals surface area contributed by atoms with Crippen molar-refractivity contribution in [3.8, 4) is 11.8 Å². The molecule has 0 unspecified atom stereocenters. The van der Waals surface area contributed by atoms with E-state index < -0.39 is 0 Å². The average molecular weight is 314 g/mol. The molecule has 0 aliphatic heterocycles. The number of ether oxygens (including phenoxy) is 1. The quantitative estimate of drug-likeness (QED) is 0.585. The summed E-state index contributed by atoms with van der Waals surface area (Å²) in [5.41, 5.74) is 0. The number of furan rings is 1. The van der Waals surface area contributed by atoms with Gasteiger partial charge in [0.05, 0.1) is 6.61 Å². The first-order valence-electron chi connectivity index (χ1n) is 9.10. The zero-order valence-corrected chi connectivity index (χ0v) is 13.8. The standard InChI is InChI=1S/C20H26O3/c21-20(22-15-17-9-5-2-6-10-17)19-14-13-18(23-19)12-11-16-7-3-1-4-8-16/h13-14,16-17H,1-10,15H2. The Morgan fingerprint density at radius 3 is 2.48 bits per heavy atom. The lowest BCUT2D eigenvalue weighted by Gasteiger charge is -2.20. The van der Waals surface area contributed by atoms with E-state index in [9.17, 15) is 4.79 Å². The molecule has 1 aromatic rings. The fraction of sp³-hybridized carbons (Fsp3) is 0.650. The Bertz CT molecular complexity index is 563. The lowest BCUT2D eigenvalue weighted by Crippen LogP contribution is -2.16. The van der Waals surface area contributed by atoms with E-state index in [0.29, 0.717) is 24.2 Å². The van der Waals surface area contributed by atoms with Gasteiger partial charge in [-0.1, -0.05) is 44.4 Å². The molecule has 23 heavy (non-hydrogen) atoms. The van der Waals surface area contributed by atoms with E-state index in [4.69, 9.17) is 9.15 Å². The third-order valence-corrected chi connectivity index (χ3v) is 4.99. The largest absolute Gasteiger partial charge is 0.460 e. The molecule has 2 aliphatic carbocycles. The van der Waals surface area contributed by atoms with E-state index in [1.807, 2.05) is 0 Å². The van der Waals surface area contributed by atoms with E-state index in [0.717, 1.165) is 0 Å². The first-order chi connectivity index (χ1) is 11.3. The number of carbonyl (C=O) groups excluding carboxylic acids is 1. The summed E-state index contributed by atoms with van der Waals surface area (Å²) in [5, 5.41) is 0. The maximum atomic E-state index is 12.0. The summed E-state index contributed by atoms with van der Waals surface area (Å²) >= 11 is 0. The van der Waals surface area contributed by atoms with Gasteiger partial charge in [-0.15, -0.1) is 0 Å².